The summed E-state index contributed by atoms with van der Waals surface area (Å²) in [6, 6.07) is 4.20. The second kappa shape index (κ2) is 2.52. The SMILES string of the molecule is C1=COc2cc3c(cc2C1)CCO3. The minimum atomic E-state index is 0.811. The van der Waals surface area contributed by atoms with Crippen LogP contribution in [0.15, 0.2) is 24.5 Å². The summed E-state index contributed by atoms with van der Waals surface area (Å²) >= 11 is 0. The van der Waals surface area contributed by atoms with Gasteiger partial charge in [0, 0.05) is 12.5 Å². The van der Waals surface area contributed by atoms with Crippen molar-refractivity contribution in [2.45, 2.75) is 12.8 Å². The van der Waals surface area contributed by atoms with Gasteiger partial charge >= 0.3 is 0 Å². The molecule has 0 spiro atoms. The highest BCUT2D eigenvalue weighted by atomic mass is 16.5. The smallest absolute Gasteiger partial charge is 0.133 e. The van der Waals surface area contributed by atoms with Crippen molar-refractivity contribution in [2.24, 2.45) is 0 Å². The van der Waals surface area contributed by atoms with E-state index < -0.39 is 0 Å². The Morgan fingerprint density at radius 1 is 1.08 bits per heavy atom. The Morgan fingerprint density at radius 3 is 3.08 bits per heavy atom. The summed E-state index contributed by atoms with van der Waals surface area (Å²) < 4.78 is 10.8. The monoisotopic (exact) mass is 174 g/mol. The van der Waals surface area contributed by atoms with Crippen LogP contribution in [0.3, 0.4) is 0 Å². The summed E-state index contributed by atoms with van der Waals surface area (Å²) in [5.41, 5.74) is 2.59. The van der Waals surface area contributed by atoms with Gasteiger partial charge in [0.15, 0.2) is 0 Å². The van der Waals surface area contributed by atoms with Gasteiger partial charge in [-0.25, -0.2) is 0 Å². The van der Waals surface area contributed by atoms with Gasteiger partial charge < -0.3 is 9.47 Å². The van der Waals surface area contributed by atoms with Crippen molar-refractivity contribution < 1.29 is 9.47 Å². The summed E-state index contributed by atoms with van der Waals surface area (Å²) in [4.78, 5) is 0. The fraction of sp³-hybridized carbons (Fsp3) is 0.273. The van der Waals surface area contributed by atoms with Gasteiger partial charge in [0.2, 0.25) is 0 Å². The summed E-state index contributed by atoms with van der Waals surface area (Å²) in [5.74, 6) is 1.94. The quantitative estimate of drug-likeness (QED) is 0.599. The number of hydrogen-bond acceptors (Lipinski definition) is 2. The summed E-state index contributed by atoms with van der Waals surface area (Å²) in [6.07, 6.45) is 5.78. The van der Waals surface area contributed by atoms with E-state index in [1.54, 1.807) is 6.26 Å². The molecule has 2 heteroatoms. The van der Waals surface area contributed by atoms with Crippen molar-refractivity contribution in [2.75, 3.05) is 6.61 Å². The molecule has 66 valence electrons. The van der Waals surface area contributed by atoms with E-state index >= 15 is 0 Å². The number of allylic oxidation sites excluding steroid dienone is 1. The molecule has 0 unspecified atom stereocenters. The molecule has 0 aliphatic carbocycles. The lowest BCUT2D eigenvalue weighted by Crippen LogP contribution is -1.96. The molecule has 0 aromatic heterocycles. The second-order valence-corrected chi connectivity index (χ2v) is 3.36. The first-order valence-electron chi connectivity index (χ1n) is 4.54. The third-order valence-electron chi connectivity index (χ3n) is 2.50. The maximum Gasteiger partial charge on any atom is 0.133 e. The van der Waals surface area contributed by atoms with E-state index in [0.29, 0.717) is 0 Å². The van der Waals surface area contributed by atoms with Crippen LogP contribution in [0.2, 0.25) is 0 Å². The van der Waals surface area contributed by atoms with E-state index in [1.807, 2.05) is 12.1 Å². The van der Waals surface area contributed by atoms with Crippen LogP contribution in [-0.4, -0.2) is 6.61 Å². The van der Waals surface area contributed by atoms with E-state index in [1.165, 1.54) is 11.1 Å². The van der Waals surface area contributed by atoms with E-state index in [9.17, 15) is 0 Å². The third-order valence-corrected chi connectivity index (χ3v) is 2.50. The molecule has 2 aliphatic heterocycles. The van der Waals surface area contributed by atoms with Crippen molar-refractivity contribution in [3.63, 3.8) is 0 Å². The zero-order valence-corrected chi connectivity index (χ0v) is 7.25. The fourth-order valence-electron chi connectivity index (χ4n) is 1.82. The standard InChI is InChI=1S/C11H10O2/c1-2-8-6-9-3-5-13-11(9)7-10(8)12-4-1/h1,4,6-7H,2-3,5H2. The van der Waals surface area contributed by atoms with Gasteiger partial charge in [-0.05, 0) is 29.7 Å². The van der Waals surface area contributed by atoms with Crippen LogP contribution >= 0.6 is 0 Å². The summed E-state index contributed by atoms with van der Waals surface area (Å²) in [6.45, 7) is 0.811. The lowest BCUT2D eigenvalue weighted by Gasteiger charge is -2.12. The van der Waals surface area contributed by atoms with Crippen molar-refractivity contribution in [3.8, 4) is 11.5 Å². The molecular formula is C11H10O2. The Hall–Kier alpha value is -1.44. The van der Waals surface area contributed by atoms with Crippen molar-refractivity contribution >= 4 is 0 Å². The Kier molecular flexibility index (Phi) is 1.36. The maximum absolute atomic E-state index is 5.46. The van der Waals surface area contributed by atoms with E-state index in [4.69, 9.17) is 9.47 Å². The maximum atomic E-state index is 5.46. The average molecular weight is 174 g/mol. The topological polar surface area (TPSA) is 18.5 Å². The molecule has 13 heavy (non-hydrogen) atoms. The summed E-state index contributed by atoms with van der Waals surface area (Å²) in [5, 5.41) is 0. The van der Waals surface area contributed by atoms with Gasteiger partial charge in [0.1, 0.15) is 11.5 Å². The Morgan fingerprint density at radius 2 is 2.08 bits per heavy atom. The molecular weight excluding hydrogens is 164 g/mol. The molecule has 0 atom stereocenters. The number of benzene rings is 1. The molecule has 2 nitrogen and oxygen atoms in total. The van der Waals surface area contributed by atoms with Gasteiger partial charge in [-0.3, -0.25) is 0 Å². The molecule has 3 rings (SSSR count). The molecule has 0 fully saturated rings. The van der Waals surface area contributed by atoms with Gasteiger partial charge in [0.25, 0.3) is 0 Å². The first-order valence-corrected chi connectivity index (χ1v) is 4.54. The molecule has 0 amide bonds. The van der Waals surface area contributed by atoms with E-state index in [0.717, 1.165) is 30.9 Å². The van der Waals surface area contributed by atoms with Crippen molar-refractivity contribution in [1.82, 2.24) is 0 Å². The van der Waals surface area contributed by atoms with Crippen molar-refractivity contribution in [3.05, 3.63) is 35.6 Å². The highest BCUT2D eigenvalue weighted by Gasteiger charge is 2.17. The molecule has 0 radical (unpaired) electrons. The van der Waals surface area contributed by atoms with Gasteiger partial charge in [-0.15, -0.1) is 0 Å². The van der Waals surface area contributed by atoms with Crippen molar-refractivity contribution in [1.29, 1.82) is 0 Å². The van der Waals surface area contributed by atoms with E-state index in [-0.39, 0.29) is 0 Å². The Labute approximate surface area is 76.8 Å². The first-order chi connectivity index (χ1) is 6.43. The number of rotatable bonds is 0. The molecule has 0 saturated carbocycles. The van der Waals surface area contributed by atoms with Gasteiger partial charge in [-0.1, -0.05) is 0 Å². The molecule has 2 heterocycles. The highest BCUT2D eigenvalue weighted by molar-refractivity contribution is 5.50. The van der Waals surface area contributed by atoms with Crippen LogP contribution in [0.4, 0.5) is 0 Å². The van der Waals surface area contributed by atoms with Crippen LogP contribution in [0.1, 0.15) is 11.1 Å². The highest BCUT2D eigenvalue weighted by Crippen LogP contribution is 2.34. The first kappa shape index (κ1) is 7.01. The predicted molar refractivity (Wildman–Crippen MR) is 49.1 cm³/mol. The van der Waals surface area contributed by atoms with Gasteiger partial charge in [-0.2, -0.15) is 0 Å². The minimum absolute atomic E-state index is 0.811. The molecule has 1 aromatic carbocycles. The average Bonchev–Trinajstić information content (AvgIpc) is 2.61. The van der Waals surface area contributed by atoms with Crippen LogP contribution in [0, 0.1) is 0 Å². The molecule has 0 bridgehead atoms. The molecule has 0 N–H and O–H groups in total. The largest absolute Gasteiger partial charge is 0.493 e. The lowest BCUT2D eigenvalue weighted by atomic mass is 10.0. The van der Waals surface area contributed by atoms with Crippen LogP contribution in [-0.2, 0) is 12.8 Å². The molecule has 1 aromatic rings. The summed E-state index contributed by atoms with van der Waals surface area (Å²) in [7, 11) is 0. The third kappa shape index (κ3) is 1.02. The fourth-order valence-corrected chi connectivity index (χ4v) is 1.82. The lowest BCUT2D eigenvalue weighted by molar-refractivity contribution is 0.354. The molecule has 2 aliphatic rings. The Bertz CT molecular complexity index is 345. The predicted octanol–water partition coefficient (Wildman–Crippen LogP) is 2.07. The van der Waals surface area contributed by atoms with Gasteiger partial charge in [0.05, 0.1) is 12.9 Å². The number of ether oxygens (including phenoxy) is 2. The number of fused-ring (bicyclic) bond motifs is 2. The second-order valence-electron chi connectivity index (χ2n) is 3.36. The molecule has 0 saturated heterocycles. The number of hydrogen-bond donors (Lipinski definition) is 0. The minimum Gasteiger partial charge on any atom is -0.493 e. The normalized spacial score (nSPS) is 17.2. The Balaban J connectivity index is 2.14. The van der Waals surface area contributed by atoms with Crippen LogP contribution in [0.25, 0.3) is 0 Å². The van der Waals surface area contributed by atoms with Crippen LogP contribution < -0.4 is 9.47 Å². The van der Waals surface area contributed by atoms with E-state index in [2.05, 4.69) is 6.07 Å². The zero-order chi connectivity index (χ0) is 8.67. The zero-order valence-electron chi connectivity index (χ0n) is 7.25. The van der Waals surface area contributed by atoms with Crippen LogP contribution in [0.5, 0.6) is 11.5 Å².